The lowest BCUT2D eigenvalue weighted by atomic mass is 10.1. The standard InChI is InChI=1S/C11H18N2O2/c1-4-6-9(8-11(14)15)13-10(12-3)7-5-2/h5,7,9,13H,2-4,6,8H2,1H3,(H,14,15)/b10-7+/t9-/m0/s1. The highest BCUT2D eigenvalue weighted by atomic mass is 16.4. The number of carbonyl (C=O) groups is 1. The summed E-state index contributed by atoms with van der Waals surface area (Å²) >= 11 is 0. The molecular formula is C11H18N2O2. The summed E-state index contributed by atoms with van der Waals surface area (Å²) in [7, 11) is 0. The summed E-state index contributed by atoms with van der Waals surface area (Å²) in [6, 6.07) is -0.107. The summed E-state index contributed by atoms with van der Waals surface area (Å²) in [5, 5.41) is 11.7. The van der Waals surface area contributed by atoms with Gasteiger partial charge in [-0.15, -0.1) is 0 Å². The number of aliphatic carboxylic acids is 1. The van der Waals surface area contributed by atoms with E-state index in [0.717, 1.165) is 12.8 Å². The van der Waals surface area contributed by atoms with Crippen LogP contribution >= 0.6 is 0 Å². The molecule has 1 atom stereocenters. The Kier molecular flexibility index (Phi) is 6.97. The molecule has 0 unspecified atom stereocenters. The van der Waals surface area contributed by atoms with E-state index < -0.39 is 5.97 Å². The summed E-state index contributed by atoms with van der Waals surface area (Å²) in [5.74, 6) is -0.257. The highest BCUT2D eigenvalue weighted by molar-refractivity contribution is 5.67. The van der Waals surface area contributed by atoms with E-state index in [1.54, 1.807) is 12.2 Å². The van der Waals surface area contributed by atoms with Gasteiger partial charge in [0.05, 0.1) is 6.42 Å². The molecule has 84 valence electrons. The molecule has 0 aliphatic carbocycles. The van der Waals surface area contributed by atoms with Gasteiger partial charge in [-0.2, -0.15) is 0 Å². The van der Waals surface area contributed by atoms with E-state index in [0.29, 0.717) is 5.82 Å². The Labute approximate surface area is 90.4 Å². The van der Waals surface area contributed by atoms with Crippen LogP contribution in [-0.4, -0.2) is 23.8 Å². The first kappa shape index (κ1) is 13.4. The van der Waals surface area contributed by atoms with Crippen molar-refractivity contribution in [2.24, 2.45) is 4.99 Å². The van der Waals surface area contributed by atoms with Crippen LogP contribution in [0, 0.1) is 0 Å². The fourth-order valence-electron chi connectivity index (χ4n) is 1.25. The molecule has 0 aliphatic heterocycles. The second kappa shape index (κ2) is 7.79. The van der Waals surface area contributed by atoms with E-state index in [2.05, 4.69) is 23.6 Å². The molecule has 0 saturated heterocycles. The quantitative estimate of drug-likeness (QED) is 0.475. The Morgan fingerprint density at radius 2 is 2.33 bits per heavy atom. The number of rotatable bonds is 8. The third-order valence-corrected chi connectivity index (χ3v) is 1.86. The zero-order chi connectivity index (χ0) is 11.7. The molecule has 0 aromatic heterocycles. The van der Waals surface area contributed by atoms with Crippen molar-refractivity contribution in [1.29, 1.82) is 0 Å². The third kappa shape index (κ3) is 6.49. The number of hydrogen-bond donors (Lipinski definition) is 2. The van der Waals surface area contributed by atoms with Gasteiger partial charge in [-0.3, -0.25) is 4.79 Å². The molecule has 4 heteroatoms. The predicted molar refractivity (Wildman–Crippen MR) is 61.9 cm³/mol. The van der Waals surface area contributed by atoms with E-state index in [4.69, 9.17) is 5.11 Å². The first-order valence-electron chi connectivity index (χ1n) is 4.91. The minimum Gasteiger partial charge on any atom is -0.481 e. The number of carboxylic acid groups (broad SMARTS) is 1. The number of carboxylic acids is 1. The van der Waals surface area contributed by atoms with Crippen molar-refractivity contribution in [3.05, 3.63) is 24.6 Å². The molecular weight excluding hydrogens is 192 g/mol. The van der Waals surface area contributed by atoms with Crippen LogP contribution in [0.15, 0.2) is 29.5 Å². The van der Waals surface area contributed by atoms with Crippen LogP contribution in [0.2, 0.25) is 0 Å². The van der Waals surface area contributed by atoms with Gasteiger partial charge >= 0.3 is 5.97 Å². The van der Waals surface area contributed by atoms with Gasteiger partial charge < -0.3 is 10.4 Å². The smallest absolute Gasteiger partial charge is 0.305 e. The average molecular weight is 210 g/mol. The van der Waals surface area contributed by atoms with Gasteiger partial charge in [0.25, 0.3) is 0 Å². The molecule has 0 saturated carbocycles. The molecule has 15 heavy (non-hydrogen) atoms. The molecule has 0 fully saturated rings. The maximum atomic E-state index is 10.6. The zero-order valence-corrected chi connectivity index (χ0v) is 9.07. The molecule has 0 aromatic carbocycles. The Balaban J connectivity index is 4.36. The van der Waals surface area contributed by atoms with Crippen molar-refractivity contribution in [2.75, 3.05) is 0 Å². The molecule has 0 bridgehead atoms. The summed E-state index contributed by atoms with van der Waals surface area (Å²) in [6.07, 6.45) is 5.04. The Hall–Kier alpha value is -1.58. The molecule has 4 nitrogen and oxygen atoms in total. The van der Waals surface area contributed by atoms with Gasteiger partial charge in [-0.1, -0.05) is 26.0 Å². The van der Waals surface area contributed by atoms with E-state index in [-0.39, 0.29) is 12.5 Å². The minimum atomic E-state index is -0.817. The van der Waals surface area contributed by atoms with Crippen LogP contribution in [0.25, 0.3) is 0 Å². The van der Waals surface area contributed by atoms with E-state index in [1.807, 2.05) is 6.92 Å². The minimum absolute atomic E-state index is 0.0812. The highest BCUT2D eigenvalue weighted by Gasteiger charge is 2.12. The fourth-order valence-corrected chi connectivity index (χ4v) is 1.25. The lowest BCUT2D eigenvalue weighted by molar-refractivity contribution is -0.137. The number of nitrogens with zero attached hydrogens (tertiary/aromatic N) is 1. The van der Waals surface area contributed by atoms with Crippen LogP contribution in [0.3, 0.4) is 0 Å². The number of allylic oxidation sites excluding steroid dienone is 2. The number of aliphatic imine (C=N–C) groups is 1. The van der Waals surface area contributed by atoms with Crippen LogP contribution in [0.1, 0.15) is 26.2 Å². The predicted octanol–water partition coefficient (Wildman–Crippen LogP) is 1.95. The van der Waals surface area contributed by atoms with Crippen molar-refractivity contribution in [2.45, 2.75) is 32.2 Å². The van der Waals surface area contributed by atoms with Gasteiger partial charge in [0.15, 0.2) is 0 Å². The van der Waals surface area contributed by atoms with Gasteiger partial charge in [-0.25, -0.2) is 4.99 Å². The first-order chi connectivity index (χ1) is 7.13. The SMILES string of the molecule is C=C/C=C(\N=C)N[C@@H](CCC)CC(=O)O. The summed E-state index contributed by atoms with van der Waals surface area (Å²) in [4.78, 5) is 14.3. The molecule has 0 spiro atoms. The second-order valence-corrected chi connectivity index (χ2v) is 3.17. The van der Waals surface area contributed by atoms with Crippen LogP contribution in [0.5, 0.6) is 0 Å². The fraction of sp³-hybridized carbons (Fsp3) is 0.455. The lowest BCUT2D eigenvalue weighted by Crippen LogP contribution is -2.30. The molecule has 0 heterocycles. The van der Waals surface area contributed by atoms with E-state index in [1.165, 1.54) is 0 Å². The van der Waals surface area contributed by atoms with Gasteiger partial charge in [-0.05, 0) is 19.2 Å². The van der Waals surface area contributed by atoms with Crippen LogP contribution in [-0.2, 0) is 4.79 Å². The van der Waals surface area contributed by atoms with Crippen molar-refractivity contribution in [1.82, 2.24) is 5.32 Å². The molecule has 0 aromatic rings. The second-order valence-electron chi connectivity index (χ2n) is 3.17. The largest absolute Gasteiger partial charge is 0.481 e. The summed E-state index contributed by atoms with van der Waals surface area (Å²) < 4.78 is 0. The van der Waals surface area contributed by atoms with Crippen molar-refractivity contribution >= 4 is 12.7 Å². The molecule has 0 rings (SSSR count). The van der Waals surface area contributed by atoms with E-state index >= 15 is 0 Å². The van der Waals surface area contributed by atoms with Crippen molar-refractivity contribution in [3.8, 4) is 0 Å². The third-order valence-electron chi connectivity index (χ3n) is 1.86. The topological polar surface area (TPSA) is 61.7 Å². The number of nitrogens with one attached hydrogen (secondary N) is 1. The lowest BCUT2D eigenvalue weighted by Gasteiger charge is -2.16. The Bertz CT molecular complexity index is 259. The normalized spacial score (nSPS) is 13.0. The molecule has 0 aliphatic rings. The van der Waals surface area contributed by atoms with Gasteiger partial charge in [0, 0.05) is 6.04 Å². The van der Waals surface area contributed by atoms with Gasteiger partial charge in [0.2, 0.25) is 0 Å². The maximum absolute atomic E-state index is 10.6. The van der Waals surface area contributed by atoms with Crippen molar-refractivity contribution < 1.29 is 9.90 Å². The summed E-state index contributed by atoms with van der Waals surface area (Å²) in [5.41, 5.74) is 0. The van der Waals surface area contributed by atoms with E-state index in [9.17, 15) is 4.79 Å². The highest BCUT2D eigenvalue weighted by Crippen LogP contribution is 2.05. The Morgan fingerprint density at radius 3 is 2.73 bits per heavy atom. The average Bonchev–Trinajstić information content (AvgIpc) is 2.16. The maximum Gasteiger partial charge on any atom is 0.305 e. The van der Waals surface area contributed by atoms with Gasteiger partial charge in [0.1, 0.15) is 5.82 Å². The monoisotopic (exact) mass is 210 g/mol. The van der Waals surface area contributed by atoms with Crippen molar-refractivity contribution in [3.63, 3.8) is 0 Å². The first-order valence-corrected chi connectivity index (χ1v) is 4.91. The number of hydrogen-bond acceptors (Lipinski definition) is 3. The van der Waals surface area contributed by atoms with Crippen LogP contribution in [0.4, 0.5) is 0 Å². The van der Waals surface area contributed by atoms with Crippen LogP contribution < -0.4 is 5.32 Å². The summed E-state index contributed by atoms with van der Waals surface area (Å²) in [6.45, 7) is 8.95. The Morgan fingerprint density at radius 1 is 1.67 bits per heavy atom. The zero-order valence-electron chi connectivity index (χ0n) is 9.07. The molecule has 0 radical (unpaired) electrons. The molecule has 2 N–H and O–H groups in total. The molecule has 0 amide bonds.